The van der Waals surface area contributed by atoms with Gasteiger partial charge in [-0.25, -0.2) is 0 Å². The molecule has 0 N–H and O–H groups in total. The SMILES string of the molecule is COCOc1ccc(C(=O)N(C)CC(CCOS(C)(=O)=O)c2ccc(Cl)c(Cl)c2)cc1. The van der Waals surface area contributed by atoms with Crippen LogP contribution in [0.1, 0.15) is 28.3 Å². The first-order chi connectivity index (χ1) is 14.6. The van der Waals surface area contributed by atoms with Crippen molar-refractivity contribution in [1.29, 1.82) is 0 Å². The Bertz CT molecular complexity index is 982. The monoisotopic (exact) mass is 489 g/mol. The Morgan fingerprint density at radius 2 is 1.77 bits per heavy atom. The summed E-state index contributed by atoms with van der Waals surface area (Å²) in [6, 6.07) is 11.9. The molecule has 0 aliphatic rings. The normalized spacial score (nSPS) is 12.4. The van der Waals surface area contributed by atoms with Crippen LogP contribution >= 0.6 is 23.2 Å². The lowest BCUT2D eigenvalue weighted by Crippen LogP contribution is -2.31. The van der Waals surface area contributed by atoms with Crippen molar-refractivity contribution in [3.63, 3.8) is 0 Å². The highest BCUT2D eigenvalue weighted by molar-refractivity contribution is 7.85. The van der Waals surface area contributed by atoms with E-state index in [1.807, 2.05) is 0 Å². The van der Waals surface area contributed by atoms with E-state index in [9.17, 15) is 13.2 Å². The summed E-state index contributed by atoms with van der Waals surface area (Å²) >= 11 is 12.2. The Kier molecular flexibility index (Phi) is 9.58. The molecule has 0 saturated carbocycles. The van der Waals surface area contributed by atoms with E-state index in [4.69, 9.17) is 36.9 Å². The first kappa shape index (κ1) is 25.4. The zero-order valence-electron chi connectivity index (χ0n) is 17.5. The molecule has 10 heteroatoms. The molecule has 0 saturated heterocycles. The second-order valence-corrected chi connectivity index (χ2v) is 9.40. The number of benzene rings is 2. The Morgan fingerprint density at radius 3 is 2.35 bits per heavy atom. The topological polar surface area (TPSA) is 82.1 Å². The number of methoxy groups -OCH3 is 1. The molecule has 0 radical (unpaired) electrons. The number of halogens is 2. The lowest BCUT2D eigenvalue weighted by Gasteiger charge is -2.25. The van der Waals surface area contributed by atoms with Gasteiger partial charge in [-0.2, -0.15) is 8.42 Å². The van der Waals surface area contributed by atoms with Gasteiger partial charge < -0.3 is 14.4 Å². The Hall–Kier alpha value is -1.84. The van der Waals surface area contributed by atoms with Gasteiger partial charge in [0.15, 0.2) is 6.79 Å². The summed E-state index contributed by atoms with van der Waals surface area (Å²) in [6.07, 6.45) is 1.36. The number of likely N-dealkylation sites (N-methyl/N-ethyl adjacent to an activating group) is 1. The largest absolute Gasteiger partial charge is 0.468 e. The van der Waals surface area contributed by atoms with Crippen LogP contribution in [0.25, 0.3) is 0 Å². The molecule has 0 heterocycles. The molecule has 0 fully saturated rings. The number of ether oxygens (including phenoxy) is 2. The highest BCUT2D eigenvalue weighted by Gasteiger charge is 2.20. The molecule has 0 aliphatic carbocycles. The predicted molar refractivity (Wildman–Crippen MR) is 121 cm³/mol. The first-order valence-electron chi connectivity index (χ1n) is 9.37. The molecule has 0 aromatic heterocycles. The number of amides is 1. The minimum Gasteiger partial charge on any atom is -0.468 e. The zero-order chi connectivity index (χ0) is 23.0. The Morgan fingerprint density at radius 1 is 1.10 bits per heavy atom. The van der Waals surface area contributed by atoms with Crippen LogP contribution in [0.3, 0.4) is 0 Å². The van der Waals surface area contributed by atoms with Crippen LogP contribution in [0.15, 0.2) is 42.5 Å². The van der Waals surface area contributed by atoms with Crippen molar-refractivity contribution in [1.82, 2.24) is 4.90 Å². The highest BCUT2D eigenvalue weighted by Crippen LogP contribution is 2.29. The van der Waals surface area contributed by atoms with Gasteiger partial charge in [0.2, 0.25) is 0 Å². The van der Waals surface area contributed by atoms with Crippen molar-refractivity contribution in [2.45, 2.75) is 12.3 Å². The maximum Gasteiger partial charge on any atom is 0.264 e. The molecule has 2 aromatic carbocycles. The quantitative estimate of drug-likeness (QED) is 0.347. The van der Waals surface area contributed by atoms with Crippen molar-refractivity contribution in [2.75, 3.05) is 40.4 Å². The highest BCUT2D eigenvalue weighted by atomic mass is 35.5. The van der Waals surface area contributed by atoms with E-state index in [2.05, 4.69) is 0 Å². The lowest BCUT2D eigenvalue weighted by atomic mass is 9.95. The minimum absolute atomic E-state index is 0.0166. The van der Waals surface area contributed by atoms with E-state index >= 15 is 0 Å². The third-order valence-electron chi connectivity index (χ3n) is 4.46. The summed E-state index contributed by atoms with van der Waals surface area (Å²) in [6.45, 7) is 0.428. The number of hydrogen-bond acceptors (Lipinski definition) is 6. The second-order valence-electron chi connectivity index (χ2n) is 6.95. The van der Waals surface area contributed by atoms with E-state index in [-0.39, 0.29) is 25.2 Å². The fraction of sp³-hybridized carbons (Fsp3) is 0.381. The molecule has 1 atom stereocenters. The van der Waals surface area contributed by atoms with Crippen LogP contribution in [-0.4, -0.2) is 59.6 Å². The van der Waals surface area contributed by atoms with E-state index in [0.29, 0.717) is 34.3 Å². The molecular formula is C21H25Cl2NO6S. The van der Waals surface area contributed by atoms with Crippen molar-refractivity contribution in [3.8, 4) is 5.75 Å². The lowest BCUT2D eigenvalue weighted by molar-refractivity contribution is 0.0511. The van der Waals surface area contributed by atoms with Crippen LogP contribution < -0.4 is 4.74 Å². The van der Waals surface area contributed by atoms with Gasteiger partial charge in [-0.1, -0.05) is 29.3 Å². The van der Waals surface area contributed by atoms with Crippen LogP contribution in [0.4, 0.5) is 0 Å². The van der Waals surface area contributed by atoms with Gasteiger partial charge in [-0.15, -0.1) is 0 Å². The van der Waals surface area contributed by atoms with Crippen LogP contribution in [0.5, 0.6) is 5.75 Å². The van der Waals surface area contributed by atoms with Crippen molar-refractivity contribution < 1.29 is 26.9 Å². The Labute approximate surface area is 192 Å². The van der Waals surface area contributed by atoms with E-state index < -0.39 is 10.1 Å². The molecule has 0 aliphatic heterocycles. The molecule has 0 bridgehead atoms. The van der Waals surface area contributed by atoms with E-state index in [1.165, 1.54) is 7.11 Å². The van der Waals surface area contributed by atoms with Gasteiger partial charge in [0.05, 0.1) is 22.9 Å². The minimum atomic E-state index is -3.56. The number of hydrogen-bond donors (Lipinski definition) is 0. The molecule has 170 valence electrons. The molecule has 1 unspecified atom stereocenters. The number of rotatable bonds is 11. The fourth-order valence-electron chi connectivity index (χ4n) is 2.93. The van der Waals surface area contributed by atoms with Crippen LogP contribution in [0, 0.1) is 0 Å². The summed E-state index contributed by atoms with van der Waals surface area (Å²) in [5.41, 5.74) is 1.32. The van der Waals surface area contributed by atoms with Gasteiger partial charge in [-0.05, 0) is 48.4 Å². The van der Waals surface area contributed by atoms with Crippen molar-refractivity contribution >= 4 is 39.2 Å². The number of nitrogens with zero attached hydrogens (tertiary/aromatic N) is 1. The van der Waals surface area contributed by atoms with Crippen molar-refractivity contribution in [2.24, 2.45) is 0 Å². The number of carbonyl (C=O) groups is 1. The van der Waals surface area contributed by atoms with E-state index in [1.54, 1.807) is 54.4 Å². The standard InChI is InChI=1S/C21H25Cl2NO6S/c1-24(21(25)15-4-7-18(8-5-15)29-14-28-2)13-17(10-11-30-31(3,26)27)16-6-9-19(22)20(23)12-16/h4-9,12,17H,10-11,13-14H2,1-3H3. The average Bonchev–Trinajstić information content (AvgIpc) is 2.72. The van der Waals surface area contributed by atoms with Crippen molar-refractivity contribution in [3.05, 3.63) is 63.6 Å². The van der Waals surface area contributed by atoms with Crippen LogP contribution in [0.2, 0.25) is 10.0 Å². The molecule has 0 spiro atoms. The van der Waals surface area contributed by atoms with Gasteiger partial charge in [0.1, 0.15) is 5.75 Å². The number of carbonyl (C=O) groups excluding carboxylic acids is 1. The summed E-state index contributed by atoms with van der Waals surface area (Å²) < 4.78 is 37.7. The van der Waals surface area contributed by atoms with Gasteiger partial charge in [0.25, 0.3) is 16.0 Å². The smallest absolute Gasteiger partial charge is 0.264 e. The van der Waals surface area contributed by atoms with E-state index in [0.717, 1.165) is 11.8 Å². The zero-order valence-corrected chi connectivity index (χ0v) is 19.8. The summed E-state index contributed by atoms with van der Waals surface area (Å²) in [5.74, 6) is 0.190. The maximum absolute atomic E-state index is 12.9. The molecule has 2 rings (SSSR count). The average molecular weight is 490 g/mol. The summed E-state index contributed by atoms with van der Waals surface area (Å²) in [7, 11) is -0.358. The molecule has 1 amide bonds. The molecular weight excluding hydrogens is 465 g/mol. The van der Waals surface area contributed by atoms with Crippen LogP contribution in [-0.2, 0) is 19.0 Å². The summed E-state index contributed by atoms with van der Waals surface area (Å²) in [5, 5.41) is 0.797. The van der Waals surface area contributed by atoms with Gasteiger partial charge >= 0.3 is 0 Å². The second kappa shape index (κ2) is 11.7. The summed E-state index contributed by atoms with van der Waals surface area (Å²) in [4.78, 5) is 14.4. The molecule has 2 aromatic rings. The third kappa shape index (κ3) is 8.31. The molecule has 7 nitrogen and oxygen atoms in total. The van der Waals surface area contributed by atoms with Gasteiger partial charge in [0, 0.05) is 32.2 Å². The Balaban J connectivity index is 2.13. The fourth-order valence-corrected chi connectivity index (χ4v) is 3.63. The molecule has 31 heavy (non-hydrogen) atoms. The first-order valence-corrected chi connectivity index (χ1v) is 11.9. The predicted octanol–water partition coefficient (Wildman–Crippen LogP) is 4.20. The van der Waals surface area contributed by atoms with Gasteiger partial charge in [-0.3, -0.25) is 8.98 Å². The maximum atomic E-state index is 12.9. The third-order valence-corrected chi connectivity index (χ3v) is 5.80.